The van der Waals surface area contributed by atoms with E-state index in [9.17, 15) is 32.3 Å². The van der Waals surface area contributed by atoms with Gasteiger partial charge in [0.15, 0.2) is 0 Å². The van der Waals surface area contributed by atoms with E-state index < -0.39 is 92.3 Å². The van der Waals surface area contributed by atoms with Gasteiger partial charge in [0.05, 0.1) is 13.2 Å². The van der Waals surface area contributed by atoms with Gasteiger partial charge in [-0.1, -0.05) is 50.6 Å². The average Bonchev–Trinajstić information content (AvgIpc) is 4.11. The van der Waals surface area contributed by atoms with Crippen LogP contribution >= 0.6 is 0 Å². The summed E-state index contributed by atoms with van der Waals surface area (Å²) in [7, 11) is -4.48. The third-order valence-corrected chi connectivity index (χ3v) is 15.9. The number of nitrogens with zero attached hydrogens (tertiary/aromatic N) is 3. The molecule has 5 aliphatic rings. The van der Waals surface area contributed by atoms with Gasteiger partial charge in [-0.2, -0.15) is 4.98 Å². The molecule has 0 radical (unpaired) electrons. The van der Waals surface area contributed by atoms with E-state index in [1.54, 1.807) is 13.0 Å². The van der Waals surface area contributed by atoms with Gasteiger partial charge < -0.3 is 24.8 Å². The van der Waals surface area contributed by atoms with Crippen LogP contribution in [0, 0.1) is 17.8 Å². The maximum Gasteiger partial charge on any atom is 0.408 e. The molecule has 1 aromatic heterocycles. The molecule has 3 fully saturated rings. The van der Waals surface area contributed by atoms with Crippen molar-refractivity contribution < 1.29 is 55.3 Å². The lowest BCUT2D eigenvalue weighted by Crippen LogP contribution is -2.67. The first-order valence-corrected chi connectivity index (χ1v) is 22.7. The van der Waals surface area contributed by atoms with E-state index in [-0.39, 0.29) is 56.9 Å². The quantitative estimate of drug-likeness (QED) is 0.243. The second kappa shape index (κ2) is 16.3. The van der Waals surface area contributed by atoms with Gasteiger partial charge in [0, 0.05) is 30.2 Å². The highest BCUT2D eigenvalue weighted by molar-refractivity contribution is 7.91. The van der Waals surface area contributed by atoms with Gasteiger partial charge in [-0.15, -0.1) is 0 Å². The highest BCUT2D eigenvalue weighted by Gasteiger charge is 2.64. The number of hydrogen-bond donors (Lipinski definition) is 3. The number of ether oxygens (including phenoxy) is 2. The van der Waals surface area contributed by atoms with Crippen LogP contribution in [0.1, 0.15) is 98.0 Å². The number of nitrogens with one attached hydrogen (secondary N) is 2. The topological polar surface area (TPSA) is 185 Å². The average molecular weight is 876 g/mol. The number of rotatable bonds is 10. The second-order valence-corrected chi connectivity index (χ2v) is 20.3. The first-order valence-electron chi connectivity index (χ1n) is 21.2. The van der Waals surface area contributed by atoms with Crippen molar-refractivity contribution in [1.82, 2.24) is 24.8 Å². The molecule has 18 heteroatoms. The monoisotopic (exact) mass is 875 g/mol. The molecule has 1 saturated heterocycles. The molecular weight excluding hydrogens is 820 g/mol. The molecule has 3 aliphatic heterocycles. The van der Waals surface area contributed by atoms with Gasteiger partial charge >= 0.3 is 6.09 Å². The minimum absolute atomic E-state index is 0.00744. The molecule has 4 amide bonds. The van der Waals surface area contributed by atoms with Gasteiger partial charge in [-0.05, 0) is 88.5 Å². The Morgan fingerprint density at radius 2 is 1.85 bits per heavy atom. The van der Waals surface area contributed by atoms with Crippen LogP contribution in [-0.4, -0.2) is 112 Å². The molecule has 61 heavy (non-hydrogen) atoms. The Kier molecular flexibility index (Phi) is 11.8. The Balaban J connectivity index is 1.31. The molecule has 334 valence electrons. The van der Waals surface area contributed by atoms with Crippen LogP contribution in [0.15, 0.2) is 36.4 Å². The van der Waals surface area contributed by atoms with Crippen molar-refractivity contribution >= 4 is 44.6 Å². The number of carbonyl (C=O) groups is 4. The second-order valence-electron chi connectivity index (χ2n) is 18.3. The van der Waals surface area contributed by atoms with Crippen molar-refractivity contribution in [1.29, 1.82) is 0 Å². The van der Waals surface area contributed by atoms with E-state index in [1.807, 2.05) is 42.0 Å². The first-order chi connectivity index (χ1) is 28.7. The van der Waals surface area contributed by atoms with E-state index >= 15 is 13.6 Å². The lowest BCUT2D eigenvalue weighted by molar-refractivity contribution is -0.157. The van der Waals surface area contributed by atoms with E-state index in [0.29, 0.717) is 42.5 Å². The number of alkyl halides is 3. The summed E-state index contributed by atoms with van der Waals surface area (Å²) in [4.78, 5) is 63.8. The number of aryl methyl sites for hydroxylation is 1. The van der Waals surface area contributed by atoms with Crippen LogP contribution in [-0.2, 0) is 30.8 Å². The van der Waals surface area contributed by atoms with Crippen molar-refractivity contribution in [2.75, 3.05) is 19.8 Å². The molecule has 2 aliphatic carbocycles. The van der Waals surface area contributed by atoms with Crippen LogP contribution in [0.3, 0.4) is 0 Å². The van der Waals surface area contributed by atoms with E-state index in [4.69, 9.17) is 14.5 Å². The highest BCUT2D eigenvalue weighted by Crippen LogP contribution is 2.48. The van der Waals surface area contributed by atoms with Crippen LogP contribution < -0.4 is 19.5 Å². The molecule has 3 N–H and O–H groups in total. The van der Waals surface area contributed by atoms with Crippen LogP contribution in [0.4, 0.5) is 18.0 Å². The normalized spacial score (nSPS) is 29.1. The number of benzene rings is 1. The molecule has 7 atom stereocenters. The van der Waals surface area contributed by atoms with Crippen molar-refractivity contribution in [3.8, 4) is 11.8 Å². The molecule has 2 saturated carbocycles. The number of fused-ring (bicyclic) bond motifs is 5. The maximum atomic E-state index is 15.5. The van der Waals surface area contributed by atoms with Crippen LogP contribution in [0.2, 0.25) is 0 Å². The Labute approximate surface area is 354 Å². The fourth-order valence-electron chi connectivity index (χ4n) is 9.29. The van der Waals surface area contributed by atoms with E-state index in [0.717, 1.165) is 42.5 Å². The van der Waals surface area contributed by atoms with Gasteiger partial charge in [0.25, 0.3) is 11.8 Å². The van der Waals surface area contributed by atoms with Crippen LogP contribution in [0.25, 0.3) is 10.8 Å². The summed E-state index contributed by atoms with van der Waals surface area (Å²) in [5, 5.41) is 15.0. The lowest BCUT2D eigenvalue weighted by Gasteiger charge is -2.47. The zero-order valence-electron chi connectivity index (χ0n) is 35.2. The van der Waals surface area contributed by atoms with Crippen molar-refractivity contribution in [2.45, 2.75) is 139 Å². The minimum atomic E-state index is -4.48. The fourth-order valence-corrected chi connectivity index (χ4v) is 10.7. The summed E-state index contributed by atoms with van der Waals surface area (Å²) in [6.07, 6.45) is 3.81. The van der Waals surface area contributed by atoms with Crippen LogP contribution in [0.5, 0.6) is 11.8 Å². The fraction of sp³-hybridized carbons (Fsp3) is 0.651. The number of aromatic nitrogens is 1. The Morgan fingerprint density at radius 3 is 2.49 bits per heavy atom. The zero-order chi connectivity index (χ0) is 44.3. The molecule has 14 nitrogen and oxygen atoms in total. The van der Waals surface area contributed by atoms with E-state index in [2.05, 4.69) is 5.32 Å². The summed E-state index contributed by atoms with van der Waals surface area (Å²) < 4.78 is 84.3. The largest absolute Gasteiger partial charge is 0.477 e. The van der Waals surface area contributed by atoms with E-state index in [1.165, 1.54) is 0 Å². The summed E-state index contributed by atoms with van der Waals surface area (Å²) in [6.45, 7) is 5.38. The standard InChI is InChI=1S/C43H56F3N5O9S/c1-6-26-20-25(2)12-7-8-13-27-22-43(27,38(54)49-61(57,58)42(24-44)17-18-42)48-34(52)32-21-28(23-50(32)37(53)33(26)51(39(55)56)40(3,4)41(5,45)46)60-36-31-15-10-9-14-29(31)30-16-11-19-59-35(30)47-36/h8-10,13-15,25-28,32-33H,6-7,11-12,16-24H2,1-5H3,(H,48,52)(H,49,54)(H,55,56)/t25-,26+,27+,28+,32-,33-,43+/m0/s1. The number of pyridine rings is 1. The molecule has 0 bridgehead atoms. The van der Waals surface area contributed by atoms with Gasteiger partial charge in [0.2, 0.25) is 33.6 Å². The summed E-state index contributed by atoms with van der Waals surface area (Å²) in [5.74, 6) is -7.40. The maximum absolute atomic E-state index is 15.5. The van der Waals surface area contributed by atoms with Gasteiger partial charge in [-0.3, -0.25) is 24.0 Å². The predicted molar refractivity (Wildman–Crippen MR) is 218 cm³/mol. The zero-order valence-corrected chi connectivity index (χ0v) is 36.0. The third-order valence-electron chi connectivity index (χ3n) is 13.8. The summed E-state index contributed by atoms with van der Waals surface area (Å²) in [6, 6.07) is 4.31. The first kappa shape index (κ1) is 44.4. The lowest BCUT2D eigenvalue weighted by atomic mass is 9.81. The summed E-state index contributed by atoms with van der Waals surface area (Å²) in [5.41, 5.74) is -3.27. The summed E-state index contributed by atoms with van der Waals surface area (Å²) >= 11 is 0. The molecule has 7 rings (SSSR count). The molecule has 0 spiro atoms. The van der Waals surface area contributed by atoms with Gasteiger partial charge in [0.1, 0.15) is 40.7 Å². The number of hydrogen-bond acceptors (Lipinski definition) is 9. The SMILES string of the molecule is CC[C@@H]1C[C@@H](C)CCC=C[C@@H]2C[C@@]2(C(=O)NS(=O)(=O)C2(CF)CC2)NC(=O)[C@@H]2C[C@@H](Oc3nc4c(c5ccccc35)CCCO4)CN2C(=O)[C@H]1N(C(=O)O)C(C)(C)C(C)(F)F. The third kappa shape index (κ3) is 8.13. The number of halogens is 3. The number of amides is 4. The number of sulfonamides is 1. The minimum Gasteiger partial charge on any atom is -0.477 e. The number of allylic oxidation sites excluding steroid dienone is 1. The van der Waals surface area contributed by atoms with Crippen molar-refractivity contribution in [3.63, 3.8) is 0 Å². The van der Waals surface area contributed by atoms with Gasteiger partial charge in [-0.25, -0.2) is 26.4 Å². The number of carbonyl (C=O) groups excluding carboxylic acids is 3. The van der Waals surface area contributed by atoms with Crippen molar-refractivity contribution in [2.24, 2.45) is 17.8 Å². The smallest absolute Gasteiger partial charge is 0.408 e. The molecular formula is C43H56F3N5O9S. The molecule has 0 unspecified atom stereocenters. The van der Waals surface area contributed by atoms with Crippen molar-refractivity contribution in [3.05, 3.63) is 42.0 Å². The molecule has 2 aromatic rings. The number of carboxylic acid groups (broad SMARTS) is 1. The highest BCUT2D eigenvalue weighted by atomic mass is 32.2. The molecule has 4 heterocycles. The Morgan fingerprint density at radius 1 is 1.15 bits per heavy atom. The Hall–Kier alpha value is -4.61. The predicted octanol–water partition coefficient (Wildman–Crippen LogP) is 5.92. The molecule has 1 aromatic carbocycles. The Bertz CT molecular complexity index is 2210.